The van der Waals surface area contributed by atoms with Gasteiger partial charge in [-0.3, -0.25) is 4.79 Å². The molecule has 2 heterocycles. The van der Waals surface area contributed by atoms with Crippen LogP contribution in [0.2, 0.25) is 0 Å². The summed E-state index contributed by atoms with van der Waals surface area (Å²) in [4.78, 5) is 13.3. The van der Waals surface area contributed by atoms with Crippen molar-refractivity contribution in [2.75, 3.05) is 6.61 Å². The summed E-state index contributed by atoms with van der Waals surface area (Å²) in [5, 5.41) is 34.0. The minimum absolute atomic E-state index is 0.0616. The van der Waals surface area contributed by atoms with E-state index in [0.29, 0.717) is 18.4 Å². The summed E-state index contributed by atoms with van der Waals surface area (Å²) >= 11 is 0. The monoisotopic (exact) mass is 348 g/mol. The molecular weight excluding hydrogens is 320 g/mol. The van der Waals surface area contributed by atoms with E-state index >= 15 is 0 Å². The molecule has 8 atom stereocenters. The molecule has 4 saturated carbocycles. The minimum atomic E-state index is -1.87. The first-order valence-electron chi connectivity index (χ1n) is 9.59. The fourth-order valence-corrected chi connectivity index (χ4v) is 7.82. The molecule has 6 fully saturated rings. The van der Waals surface area contributed by atoms with E-state index in [9.17, 15) is 20.1 Å². The van der Waals surface area contributed by atoms with Gasteiger partial charge in [-0.15, -0.1) is 0 Å². The Kier molecular flexibility index (Phi) is 2.88. The third kappa shape index (κ3) is 1.44. The predicted octanol–water partition coefficient (Wildman–Crippen LogP) is 1.40. The lowest BCUT2D eigenvalue weighted by Crippen LogP contribution is -2.83. The van der Waals surface area contributed by atoms with E-state index in [4.69, 9.17) is 4.74 Å². The summed E-state index contributed by atoms with van der Waals surface area (Å²) in [6.07, 6.45) is 1.77. The van der Waals surface area contributed by atoms with E-state index < -0.39 is 28.8 Å². The van der Waals surface area contributed by atoms with Crippen molar-refractivity contribution in [3.63, 3.8) is 0 Å². The van der Waals surface area contributed by atoms with Crippen LogP contribution in [0.5, 0.6) is 0 Å². The Labute approximate surface area is 148 Å². The molecule has 4 bridgehead atoms. The molecule has 4 aliphatic carbocycles. The molecule has 138 valence electrons. The number of hydrogen-bond donors (Lipinski definition) is 3. The number of hydrogen-bond acceptors (Lipinski definition) is 5. The Balaban J connectivity index is 1.79. The number of Topliss-reactive ketones (excluding diaryl/α,β-unsaturated/α-hetero) is 1. The molecule has 6 rings (SSSR count). The zero-order valence-electron chi connectivity index (χ0n) is 15.0. The van der Waals surface area contributed by atoms with Gasteiger partial charge in [-0.05, 0) is 54.9 Å². The molecule has 6 aliphatic rings. The maximum absolute atomic E-state index is 13.3. The molecule has 2 aliphatic heterocycles. The largest absolute Gasteiger partial charge is 0.392 e. The molecule has 0 radical (unpaired) electrons. The van der Waals surface area contributed by atoms with Crippen LogP contribution >= 0.6 is 0 Å². The highest BCUT2D eigenvalue weighted by atomic mass is 16.6. The Bertz CT molecular complexity index is 686. The van der Waals surface area contributed by atoms with Crippen LogP contribution in [0.15, 0.2) is 12.2 Å². The van der Waals surface area contributed by atoms with Crippen molar-refractivity contribution in [2.24, 2.45) is 34.0 Å². The number of allylic oxidation sites excluding steroid dienone is 1. The van der Waals surface area contributed by atoms with Crippen molar-refractivity contribution in [2.45, 2.75) is 63.9 Å². The molecule has 25 heavy (non-hydrogen) atoms. The second-order valence-electron chi connectivity index (χ2n) is 9.92. The lowest BCUT2D eigenvalue weighted by molar-refractivity contribution is -0.448. The van der Waals surface area contributed by atoms with Gasteiger partial charge < -0.3 is 20.1 Å². The van der Waals surface area contributed by atoms with Gasteiger partial charge in [0.2, 0.25) is 5.79 Å². The van der Waals surface area contributed by atoms with E-state index in [0.717, 1.165) is 19.3 Å². The number of fused-ring (bicyclic) bond motifs is 2. The number of aliphatic hydroxyl groups excluding tert-OH is 2. The van der Waals surface area contributed by atoms with Crippen LogP contribution in [-0.2, 0) is 9.53 Å². The first kappa shape index (κ1) is 16.4. The fourth-order valence-electron chi connectivity index (χ4n) is 7.82. The maximum Gasteiger partial charge on any atom is 0.205 e. The number of rotatable bonds is 0. The van der Waals surface area contributed by atoms with Crippen LogP contribution in [-0.4, -0.2) is 45.7 Å². The molecule has 0 amide bonds. The van der Waals surface area contributed by atoms with E-state index in [1.165, 1.54) is 0 Å². The van der Waals surface area contributed by atoms with Crippen LogP contribution in [0.25, 0.3) is 0 Å². The molecule has 3 N–H and O–H groups in total. The second kappa shape index (κ2) is 4.38. The molecule has 2 saturated heterocycles. The van der Waals surface area contributed by atoms with Gasteiger partial charge in [0.15, 0.2) is 5.78 Å². The number of aliphatic hydroxyl groups is 3. The average molecular weight is 348 g/mol. The number of ketones is 1. The Morgan fingerprint density at radius 2 is 1.92 bits per heavy atom. The summed E-state index contributed by atoms with van der Waals surface area (Å²) in [6, 6.07) is 0. The number of carbonyl (C=O) groups is 1. The van der Waals surface area contributed by atoms with E-state index in [2.05, 4.69) is 20.4 Å². The van der Waals surface area contributed by atoms with Crippen LogP contribution in [0.4, 0.5) is 0 Å². The van der Waals surface area contributed by atoms with Gasteiger partial charge >= 0.3 is 0 Å². The molecule has 0 aromatic rings. The number of carbonyl (C=O) groups excluding carboxylic acids is 1. The van der Waals surface area contributed by atoms with E-state index in [1.54, 1.807) is 0 Å². The Morgan fingerprint density at radius 3 is 2.64 bits per heavy atom. The standard InChI is InChI=1S/C20H28O5/c1-10-11-4-5-12-18-9-25-20(24,19(12,8-11)15(10)22)16(23)14(18)17(2,3)7-6-13(18)21/h11-14,16,21,23-24H,1,4-9H2,2-3H3/t11-,12-,13-,14+,16-,18+,19-,20?/m0/s1. The van der Waals surface area contributed by atoms with Crippen molar-refractivity contribution >= 4 is 5.78 Å². The summed E-state index contributed by atoms with van der Waals surface area (Å²) in [6.45, 7) is 8.41. The first-order chi connectivity index (χ1) is 11.6. The topological polar surface area (TPSA) is 87.0 Å². The highest BCUT2D eigenvalue weighted by Gasteiger charge is 2.84. The van der Waals surface area contributed by atoms with Crippen LogP contribution < -0.4 is 0 Å². The SMILES string of the molecule is C=C1C(=O)[C@]23C[C@@H]1CC[C@H]2[C@@]12COC3(O)[C@@H](O)[C@@H]1C(C)(C)CC[C@@H]2O. The van der Waals surface area contributed by atoms with Crippen molar-refractivity contribution < 1.29 is 24.9 Å². The normalized spacial score (nSPS) is 58.8. The summed E-state index contributed by atoms with van der Waals surface area (Å²) < 4.78 is 5.89. The Morgan fingerprint density at radius 1 is 1.20 bits per heavy atom. The zero-order valence-corrected chi connectivity index (χ0v) is 15.0. The first-order valence-corrected chi connectivity index (χ1v) is 9.59. The summed E-state index contributed by atoms with van der Waals surface area (Å²) in [7, 11) is 0. The highest BCUT2D eigenvalue weighted by molar-refractivity contribution is 6.04. The third-order valence-corrected chi connectivity index (χ3v) is 8.81. The van der Waals surface area contributed by atoms with Gasteiger partial charge in [0.05, 0.1) is 18.1 Å². The van der Waals surface area contributed by atoms with Crippen LogP contribution in [0.3, 0.4) is 0 Å². The fraction of sp³-hybridized carbons (Fsp3) is 0.850. The molecule has 0 aromatic carbocycles. The van der Waals surface area contributed by atoms with Crippen LogP contribution in [0, 0.1) is 34.0 Å². The van der Waals surface area contributed by atoms with Crippen molar-refractivity contribution in [3.05, 3.63) is 12.2 Å². The second-order valence-corrected chi connectivity index (χ2v) is 9.92. The van der Waals surface area contributed by atoms with Gasteiger partial charge in [-0.1, -0.05) is 20.4 Å². The number of ether oxygens (including phenoxy) is 1. The molecule has 1 unspecified atom stereocenters. The third-order valence-electron chi connectivity index (χ3n) is 8.81. The van der Waals surface area contributed by atoms with Crippen molar-refractivity contribution in [1.82, 2.24) is 0 Å². The summed E-state index contributed by atoms with van der Waals surface area (Å²) in [5.41, 5.74) is -1.48. The molecule has 2 spiro atoms. The average Bonchev–Trinajstić information content (AvgIpc) is 2.75. The maximum atomic E-state index is 13.3. The van der Waals surface area contributed by atoms with Crippen molar-refractivity contribution in [3.8, 4) is 0 Å². The Hall–Kier alpha value is -0.750. The molecule has 5 nitrogen and oxygen atoms in total. The molecule has 5 heteroatoms. The summed E-state index contributed by atoms with van der Waals surface area (Å²) in [5.74, 6) is -2.39. The minimum Gasteiger partial charge on any atom is -0.392 e. The van der Waals surface area contributed by atoms with Gasteiger partial charge in [0.25, 0.3) is 0 Å². The zero-order chi connectivity index (χ0) is 18.0. The quantitative estimate of drug-likeness (QED) is 0.576. The lowest BCUT2D eigenvalue weighted by Gasteiger charge is -2.74. The van der Waals surface area contributed by atoms with E-state index in [1.807, 2.05) is 0 Å². The highest BCUT2D eigenvalue weighted by Crippen LogP contribution is 2.76. The van der Waals surface area contributed by atoms with Crippen LogP contribution in [0.1, 0.15) is 46.0 Å². The lowest BCUT2D eigenvalue weighted by atomic mass is 9.36. The van der Waals surface area contributed by atoms with E-state index in [-0.39, 0.29) is 35.6 Å². The smallest absolute Gasteiger partial charge is 0.205 e. The molecule has 0 aromatic heterocycles. The van der Waals surface area contributed by atoms with Gasteiger partial charge in [0, 0.05) is 11.3 Å². The molecular formula is C20H28O5. The van der Waals surface area contributed by atoms with Gasteiger partial charge in [-0.2, -0.15) is 0 Å². The van der Waals surface area contributed by atoms with Gasteiger partial charge in [0.1, 0.15) is 6.10 Å². The predicted molar refractivity (Wildman–Crippen MR) is 89.3 cm³/mol. The van der Waals surface area contributed by atoms with Crippen molar-refractivity contribution in [1.29, 1.82) is 0 Å². The van der Waals surface area contributed by atoms with Gasteiger partial charge in [-0.25, -0.2) is 0 Å².